The number of halogens is 1. The largest absolute Gasteiger partial charge is 0.481 e. The molecule has 0 saturated heterocycles. The third kappa shape index (κ3) is 5.01. The van der Waals surface area contributed by atoms with E-state index in [1.165, 1.54) is 18.2 Å². The lowest BCUT2D eigenvalue weighted by Gasteiger charge is -2.13. The van der Waals surface area contributed by atoms with Crippen LogP contribution in [0.15, 0.2) is 18.2 Å². The zero-order chi connectivity index (χ0) is 17.5. The van der Waals surface area contributed by atoms with Crippen LogP contribution in [0.5, 0.6) is 0 Å². The van der Waals surface area contributed by atoms with Gasteiger partial charge in [0.05, 0.1) is 25.7 Å². The second-order valence-corrected chi connectivity index (χ2v) is 5.87. The number of methoxy groups -OCH3 is 1. The van der Waals surface area contributed by atoms with Crippen LogP contribution in [0.4, 0.5) is 4.39 Å². The molecule has 0 radical (unpaired) electrons. The van der Waals surface area contributed by atoms with Gasteiger partial charge < -0.3 is 19.9 Å². The summed E-state index contributed by atoms with van der Waals surface area (Å²) in [6, 6.07) is 3.94. The molecule has 1 amide bonds. The van der Waals surface area contributed by atoms with E-state index >= 15 is 0 Å². The van der Waals surface area contributed by atoms with E-state index in [1.54, 1.807) is 7.11 Å². The average Bonchev–Trinajstić information content (AvgIpc) is 3.02. The van der Waals surface area contributed by atoms with Crippen molar-refractivity contribution < 1.29 is 28.6 Å². The van der Waals surface area contributed by atoms with Crippen LogP contribution >= 0.6 is 0 Å². The molecule has 1 saturated carbocycles. The predicted molar refractivity (Wildman–Crippen MR) is 84.2 cm³/mol. The summed E-state index contributed by atoms with van der Waals surface area (Å²) in [7, 11) is 1.55. The Hall–Kier alpha value is -1.99. The molecule has 2 atom stereocenters. The van der Waals surface area contributed by atoms with Gasteiger partial charge in [-0.05, 0) is 37.5 Å². The zero-order valence-electron chi connectivity index (χ0n) is 13.6. The number of aliphatic carboxylic acids is 1. The lowest BCUT2D eigenvalue weighted by molar-refractivity contribution is -0.141. The van der Waals surface area contributed by atoms with Gasteiger partial charge in [0.2, 0.25) is 0 Å². The van der Waals surface area contributed by atoms with Crippen molar-refractivity contribution in [2.75, 3.05) is 20.3 Å². The summed E-state index contributed by atoms with van der Waals surface area (Å²) < 4.78 is 23.9. The van der Waals surface area contributed by atoms with Crippen molar-refractivity contribution in [1.29, 1.82) is 0 Å². The van der Waals surface area contributed by atoms with E-state index in [4.69, 9.17) is 14.6 Å². The minimum atomic E-state index is -0.830. The molecule has 0 aliphatic heterocycles. The molecule has 1 aliphatic rings. The molecule has 0 heterocycles. The van der Waals surface area contributed by atoms with E-state index in [-0.39, 0.29) is 18.6 Å². The fraction of sp³-hybridized carbons (Fsp3) is 0.529. The van der Waals surface area contributed by atoms with Gasteiger partial charge >= 0.3 is 5.97 Å². The number of carboxylic acid groups (broad SMARTS) is 1. The first kappa shape index (κ1) is 18.4. The van der Waals surface area contributed by atoms with Crippen molar-refractivity contribution in [2.45, 2.75) is 31.9 Å². The van der Waals surface area contributed by atoms with Gasteiger partial charge in [0, 0.05) is 24.3 Å². The van der Waals surface area contributed by atoms with Crippen LogP contribution in [0.2, 0.25) is 0 Å². The Morgan fingerprint density at radius 3 is 2.79 bits per heavy atom. The fourth-order valence-corrected chi connectivity index (χ4v) is 2.76. The van der Waals surface area contributed by atoms with Crippen LogP contribution in [-0.2, 0) is 20.9 Å². The van der Waals surface area contributed by atoms with Gasteiger partial charge in [0.1, 0.15) is 5.82 Å². The van der Waals surface area contributed by atoms with Gasteiger partial charge in [0.25, 0.3) is 5.91 Å². The van der Waals surface area contributed by atoms with Gasteiger partial charge in [0.15, 0.2) is 0 Å². The van der Waals surface area contributed by atoms with Crippen LogP contribution in [0.25, 0.3) is 0 Å². The quantitative estimate of drug-likeness (QED) is 0.708. The third-order valence-electron chi connectivity index (χ3n) is 4.11. The summed E-state index contributed by atoms with van der Waals surface area (Å²) in [6.07, 6.45) is 1.62. The lowest BCUT2D eigenvalue weighted by atomic mass is 10.1. The highest BCUT2D eigenvalue weighted by molar-refractivity contribution is 5.94. The third-order valence-corrected chi connectivity index (χ3v) is 4.11. The zero-order valence-corrected chi connectivity index (χ0v) is 13.6. The summed E-state index contributed by atoms with van der Waals surface area (Å²) in [5, 5.41) is 11.8. The van der Waals surface area contributed by atoms with Crippen molar-refractivity contribution >= 4 is 11.9 Å². The van der Waals surface area contributed by atoms with E-state index in [0.29, 0.717) is 43.6 Å². The normalized spacial score (nSPS) is 20.1. The monoisotopic (exact) mass is 339 g/mol. The van der Waals surface area contributed by atoms with Crippen molar-refractivity contribution in [3.05, 3.63) is 35.1 Å². The Balaban J connectivity index is 1.93. The van der Waals surface area contributed by atoms with E-state index < -0.39 is 17.7 Å². The summed E-state index contributed by atoms with van der Waals surface area (Å²) in [5.74, 6) is -2.00. The number of carboxylic acids is 1. The Morgan fingerprint density at radius 1 is 1.33 bits per heavy atom. The number of hydrogen-bond acceptors (Lipinski definition) is 4. The molecule has 1 aromatic rings. The van der Waals surface area contributed by atoms with Crippen LogP contribution in [-0.4, -0.2) is 43.3 Å². The molecule has 0 unspecified atom stereocenters. The summed E-state index contributed by atoms with van der Waals surface area (Å²) in [5.41, 5.74) is 0.633. The number of amides is 1. The number of hydrogen-bond donors (Lipinski definition) is 2. The van der Waals surface area contributed by atoms with E-state index in [9.17, 15) is 14.0 Å². The molecule has 2 rings (SSSR count). The smallest absolute Gasteiger partial charge is 0.306 e. The van der Waals surface area contributed by atoms with E-state index in [2.05, 4.69) is 5.32 Å². The molecule has 24 heavy (non-hydrogen) atoms. The molecule has 7 heteroatoms. The summed E-state index contributed by atoms with van der Waals surface area (Å²) in [4.78, 5) is 23.2. The van der Waals surface area contributed by atoms with Crippen molar-refractivity contribution in [3.8, 4) is 0 Å². The maximum absolute atomic E-state index is 13.8. The molecule has 0 spiro atoms. The Bertz CT molecular complexity index is 592. The van der Waals surface area contributed by atoms with Crippen molar-refractivity contribution in [2.24, 2.45) is 5.92 Å². The number of nitrogens with one attached hydrogen (secondary N) is 1. The van der Waals surface area contributed by atoms with Gasteiger partial charge in [-0.2, -0.15) is 0 Å². The van der Waals surface area contributed by atoms with Gasteiger partial charge in [-0.1, -0.05) is 0 Å². The molecule has 2 N–H and O–H groups in total. The second-order valence-electron chi connectivity index (χ2n) is 5.87. The maximum atomic E-state index is 13.8. The summed E-state index contributed by atoms with van der Waals surface area (Å²) >= 11 is 0. The number of benzene rings is 1. The predicted octanol–water partition coefficient (Wildman–Crippen LogP) is 1.97. The molecule has 6 nitrogen and oxygen atoms in total. The van der Waals surface area contributed by atoms with Crippen LogP contribution in [0.1, 0.15) is 35.2 Å². The second kappa shape index (κ2) is 8.75. The van der Waals surface area contributed by atoms with Crippen LogP contribution < -0.4 is 5.32 Å². The Kier molecular flexibility index (Phi) is 6.69. The highest BCUT2D eigenvalue weighted by Gasteiger charge is 2.30. The SMILES string of the molecule is COCCOCc1cc(C(=O)N[C@@H]2CC[C@H](C(=O)O)C2)ccc1F. The molecular formula is C17H22FNO5. The van der Waals surface area contributed by atoms with Crippen LogP contribution in [0.3, 0.4) is 0 Å². The first-order valence-corrected chi connectivity index (χ1v) is 7.90. The van der Waals surface area contributed by atoms with E-state index in [1.807, 2.05) is 0 Å². The van der Waals surface area contributed by atoms with Gasteiger partial charge in [-0.15, -0.1) is 0 Å². The van der Waals surface area contributed by atoms with Gasteiger partial charge in [-0.25, -0.2) is 4.39 Å². The molecule has 0 bridgehead atoms. The molecule has 1 aliphatic carbocycles. The summed E-state index contributed by atoms with van der Waals surface area (Å²) in [6.45, 7) is 0.806. The van der Waals surface area contributed by atoms with E-state index in [0.717, 1.165) is 0 Å². The Morgan fingerprint density at radius 2 is 2.12 bits per heavy atom. The Labute approximate surface area is 139 Å². The number of carbonyl (C=O) groups is 2. The first-order chi connectivity index (χ1) is 11.5. The van der Waals surface area contributed by atoms with Gasteiger partial charge in [-0.3, -0.25) is 9.59 Å². The standard InChI is InChI=1S/C17H22FNO5/c1-23-6-7-24-10-13-8-11(3-5-15(13)18)16(20)19-14-4-2-12(9-14)17(21)22/h3,5,8,12,14H,2,4,6-7,9-10H2,1H3,(H,19,20)(H,21,22)/t12-,14+/m0/s1. The molecular weight excluding hydrogens is 317 g/mol. The number of ether oxygens (including phenoxy) is 2. The molecule has 1 fully saturated rings. The molecule has 132 valence electrons. The fourth-order valence-electron chi connectivity index (χ4n) is 2.76. The highest BCUT2D eigenvalue weighted by Crippen LogP contribution is 2.26. The topological polar surface area (TPSA) is 84.9 Å². The average molecular weight is 339 g/mol. The maximum Gasteiger partial charge on any atom is 0.306 e. The molecule has 0 aromatic heterocycles. The molecule has 1 aromatic carbocycles. The minimum Gasteiger partial charge on any atom is -0.481 e. The van der Waals surface area contributed by atoms with Crippen molar-refractivity contribution in [3.63, 3.8) is 0 Å². The lowest BCUT2D eigenvalue weighted by Crippen LogP contribution is -2.33. The van der Waals surface area contributed by atoms with Crippen LogP contribution in [0, 0.1) is 11.7 Å². The first-order valence-electron chi connectivity index (χ1n) is 7.90. The van der Waals surface area contributed by atoms with Crippen molar-refractivity contribution in [1.82, 2.24) is 5.32 Å². The highest BCUT2D eigenvalue weighted by atomic mass is 19.1. The minimum absolute atomic E-state index is 0.0564. The number of carbonyl (C=O) groups excluding carboxylic acids is 1. The number of rotatable bonds is 8.